The van der Waals surface area contributed by atoms with E-state index < -0.39 is 0 Å². The molecule has 1 unspecified atom stereocenters. The summed E-state index contributed by atoms with van der Waals surface area (Å²) in [6.45, 7) is 6.96. The van der Waals surface area contributed by atoms with Crippen LogP contribution in [0.4, 0.5) is 0 Å². The summed E-state index contributed by atoms with van der Waals surface area (Å²) >= 11 is 0. The maximum absolute atomic E-state index is 5.99. The molecule has 1 aromatic carbocycles. The molecule has 1 atom stereocenters. The van der Waals surface area contributed by atoms with Crippen LogP contribution in [-0.2, 0) is 15.9 Å². The lowest BCUT2D eigenvalue weighted by molar-refractivity contribution is -0.110. The van der Waals surface area contributed by atoms with Gasteiger partial charge in [0.1, 0.15) is 0 Å². The van der Waals surface area contributed by atoms with Crippen LogP contribution in [0.15, 0.2) is 24.3 Å². The van der Waals surface area contributed by atoms with Gasteiger partial charge in [0, 0.05) is 39.2 Å². The van der Waals surface area contributed by atoms with E-state index in [-0.39, 0.29) is 5.60 Å². The number of benzene rings is 1. The molecule has 0 bridgehead atoms. The third-order valence-corrected chi connectivity index (χ3v) is 4.58. The van der Waals surface area contributed by atoms with E-state index in [1.165, 1.54) is 11.1 Å². The third-order valence-electron chi connectivity index (χ3n) is 4.58. The van der Waals surface area contributed by atoms with Crippen LogP contribution in [0.5, 0.6) is 0 Å². The summed E-state index contributed by atoms with van der Waals surface area (Å²) in [5, 5.41) is 3.71. The van der Waals surface area contributed by atoms with E-state index in [1.54, 1.807) is 0 Å². The van der Waals surface area contributed by atoms with Crippen LogP contribution in [0, 0.1) is 6.92 Å². The fourth-order valence-corrected chi connectivity index (χ4v) is 3.13. The largest absolute Gasteiger partial charge is 0.381 e. The van der Waals surface area contributed by atoms with Crippen molar-refractivity contribution in [2.24, 2.45) is 0 Å². The molecule has 118 valence electrons. The number of methoxy groups -OCH3 is 1. The molecule has 0 spiro atoms. The fraction of sp³-hybridized carbons (Fsp3) is 0.667. The van der Waals surface area contributed by atoms with Crippen molar-refractivity contribution in [3.8, 4) is 0 Å². The highest BCUT2D eigenvalue weighted by Gasteiger charge is 2.40. The maximum atomic E-state index is 5.99. The molecule has 0 aromatic heterocycles. The molecule has 0 saturated carbocycles. The Bertz CT molecular complexity index is 410. The number of ether oxygens (including phenoxy) is 2. The summed E-state index contributed by atoms with van der Waals surface area (Å²) in [5.41, 5.74) is 2.58. The molecule has 0 radical (unpaired) electrons. The average Bonchev–Trinajstić information content (AvgIpc) is 2.54. The van der Waals surface area contributed by atoms with Gasteiger partial charge in [0.25, 0.3) is 0 Å². The standard InChI is InChI=1S/C18H29NO2/c1-4-11-19-17(14-16-7-5-15(2)6-8-16)18(20-3)9-12-21-13-10-18/h5-8,17,19H,4,9-14H2,1-3H3. The number of hydrogen-bond donors (Lipinski definition) is 1. The molecule has 1 N–H and O–H groups in total. The molecule has 1 saturated heterocycles. The summed E-state index contributed by atoms with van der Waals surface area (Å²) in [7, 11) is 1.85. The number of aryl methyl sites for hydroxylation is 1. The molecule has 1 aliphatic rings. The lowest BCUT2D eigenvalue weighted by Crippen LogP contribution is -2.56. The van der Waals surface area contributed by atoms with Gasteiger partial charge in [-0.15, -0.1) is 0 Å². The Labute approximate surface area is 129 Å². The SMILES string of the molecule is CCCNC(Cc1ccc(C)cc1)C1(OC)CCOCC1. The van der Waals surface area contributed by atoms with Crippen molar-refractivity contribution in [3.05, 3.63) is 35.4 Å². The molecule has 3 heteroatoms. The second-order valence-electron chi connectivity index (χ2n) is 6.08. The zero-order chi connectivity index (χ0) is 15.1. The van der Waals surface area contributed by atoms with Crippen LogP contribution in [-0.4, -0.2) is 38.5 Å². The average molecular weight is 291 g/mol. The molecule has 2 rings (SSSR count). The molecule has 1 aromatic rings. The van der Waals surface area contributed by atoms with Crippen molar-refractivity contribution in [1.82, 2.24) is 5.32 Å². The molecular weight excluding hydrogens is 262 g/mol. The van der Waals surface area contributed by atoms with Crippen LogP contribution in [0.1, 0.15) is 37.3 Å². The van der Waals surface area contributed by atoms with Gasteiger partial charge < -0.3 is 14.8 Å². The van der Waals surface area contributed by atoms with Crippen LogP contribution in [0.2, 0.25) is 0 Å². The van der Waals surface area contributed by atoms with Gasteiger partial charge in [0.2, 0.25) is 0 Å². The molecule has 0 amide bonds. The Morgan fingerprint density at radius 1 is 1.24 bits per heavy atom. The highest BCUT2D eigenvalue weighted by molar-refractivity contribution is 5.23. The third kappa shape index (κ3) is 4.29. The first-order chi connectivity index (χ1) is 10.2. The summed E-state index contributed by atoms with van der Waals surface area (Å²) in [6.07, 6.45) is 4.09. The lowest BCUT2D eigenvalue weighted by atomic mass is 9.82. The van der Waals surface area contributed by atoms with Gasteiger partial charge >= 0.3 is 0 Å². The molecule has 0 aliphatic carbocycles. The van der Waals surface area contributed by atoms with E-state index in [0.717, 1.165) is 45.4 Å². The van der Waals surface area contributed by atoms with E-state index in [0.29, 0.717) is 6.04 Å². The van der Waals surface area contributed by atoms with Gasteiger partial charge in [-0.3, -0.25) is 0 Å². The van der Waals surface area contributed by atoms with Crippen molar-refractivity contribution in [1.29, 1.82) is 0 Å². The van der Waals surface area contributed by atoms with Crippen molar-refractivity contribution in [2.75, 3.05) is 26.9 Å². The highest BCUT2D eigenvalue weighted by atomic mass is 16.5. The van der Waals surface area contributed by atoms with Gasteiger partial charge in [-0.05, 0) is 31.9 Å². The maximum Gasteiger partial charge on any atom is 0.0877 e. The van der Waals surface area contributed by atoms with Crippen molar-refractivity contribution in [3.63, 3.8) is 0 Å². The molecular formula is C18H29NO2. The smallest absolute Gasteiger partial charge is 0.0877 e. The topological polar surface area (TPSA) is 30.5 Å². The Morgan fingerprint density at radius 3 is 2.48 bits per heavy atom. The van der Waals surface area contributed by atoms with Gasteiger partial charge in [0.05, 0.1) is 5.60 Å². The molecule has 1 fully saturated rings. The fourth-order valence-electron chi connectivity index (χ4n) is 3.13. The van der Waals surface area contributed by atoms with E-state index in [9.17, 15) is 0 Å². The van der Waals surface area contributed by atoms with Gasteiger partial charge in [-0.1, -0.05) is 36.8 Å². The van der Waals surface area contributed by atoms with Gasteiger partial charge in [-0.2, -0.15) is 0 Å². The van der Waals surface area contributed by atoms with E-state index in [1.807, 2.05) is 7.11 Å². The summed E-state index contributed by atoms with van der Waals surface area (Å²) in [5.74, 6) is 0. The number of hydrogen-bond acceptors (Lipinski definition) is 3. The van der Waals surface area contributed by atoms with Crippen LogP contribution in [0.3, 0.4) is 0 Å². The molecule has 3 nitrogen and oxygen atoms in total. The minimum Gasteiger partial charge on any atom is -0.381 e. The normalized spacial score (nSPS) is 19.4. The first-order valence-corrected chi connectivity index (χ1v) is 8.12. The van der Waals surface area contributed by atoms with E-state index >= 15 is 0 Å². The van der Waals surface area contributed by atoms with Crippen LogP contribution in [0.25, 0.3) is 0 Å². The second kappa shape index (κ2) is 7.92. The zero-order valence-electron chi connectivity index (χ0n) is 13.7. The van der Waals surface area contributed by atoms with Crippen molar-refractivity contribution in [2.45, 2.75) is 51.2 Å². The quantitative estimate of drug-likeness (QED) is 0.837. The van der Waals surface area contributed by atoms with Gasteiger partial charge in [0.15, 0.2) is 0 Å². The van der Waals surface area contributed by atoms with Crippen LogP contribution >= 0.6 is 0 Å². The Kier molecular flexibility index (Phi) is 6.22. The van der Waals surface area contributed by atoms with Crippen molar-refractivity contribution < 1.29 is 9.47 Å². The summed E-state index contributed by atoms with van der Waals surface area (Å²) < 4.78 is 11.5. The predicted molar refractivity (Wildman–Crippen MR) is 86.8 cm³/mol. The number of nitrogens with one attached hydrogen (secondary N) is 1. The molecule has 21 heavy (non-hydrogen) atoms. The number of rotatable bonds is 7. The van der Waals surface area contributed by atoms with E-state index in [4.69, 9.17) is 9.47 Å². The minimum absolute atomic E-state index is 0.0989. The highest BCUT2D eigenvalue weighted by Crippen LogP contribution is 2.30. The zero-order valence-corrected chi connectivity index (χ0v) is 13.7. The van der Waals surface area contributed by atoms with Crippen LogP contribution < -0.4 is 5.32 Å². The van der Waals surface area contributed by atoms with Crippen molar-refractivity contribution >= 4 is 0 Å². The second-order valence-corrected chi connectivity index (χ2v) is 6.08. The minimum atomic E-state index is -0.0989. The molecule has 1 heterocycles. The first kappa shape index (κ1) is 16.5. The predicted octanol–water partition coefficient (Wildman–Crippen LogP) is 3.10. The lowest BCUT2D eigenvalue weighted by Gasteiger charge is -2.43. The monoisotopic (exact) mass is 291 g/mol. The van der Waals surface area contributed by atoms with Gasteiger partial charge in [-0.25, -0.2) is 0 Å². The van der Waals surface area contributed by atoms with E-state index in [2.05, 4.69) is 43.4 Å². The Morgan fingerprint density at radius 2 is 1.90 bits per heavy atom. The summed E-state index contributed by atoms with van der Waals surface area (Å²) in [4.78, 5) is 0. The Balaban J connectivity index is 2.13. The molecule has 1 aliphatic heterocycles. The summed E-state index contributed by atoms with van der Waals surface area (Å²) in [6, 6.07) is 9.19. The Hall–Kier alpha value is -0.900. The first-order valence-electron chi connectivity index (χ1n) is 8.12.